The van der Waals surface area contributed by atoms with Gasteiger partial charge in [-0.3, -0.25) is 14.4 Å². The van der Waals surface area contributed by atoms with E-state index in [9.17, 15) is 14.4 Å². The summed E-state index contributed by atoms with van der Waals surface area (Å²) in [5.41, 5.74) is 1.84. The highest BCUT2D eigenvalue weighted by Gasteiger charge is 2.29. The van der Waals surface area contributed by atoms with E-state index in [1.165, 1.54) is 4.90 Å². The Morgan fingerprint density at radius 1 is 0.828 bits per heavy atom. The minimum absolute atomic E-state index is 0. The number of carbonyl (C=O) groups excluding carboxylic acids is 3. The highest BCUT2D eigenvalue weighted by atomic mass is 16.2. The zero-order valence-electron chi connectivity index (χ0n) is 16.7. The topological polar surface area (TPSA) is 73.5 Å². The van der Waals surface area contributed by atoms with Crippen LogP contribution in [0.4, 0.5) is 0 Å². The molecule has 2 aromatic carbocycles. The molecule has 6 nitrogen and oxygen atoms in total. The van der Waals surface area contributed by atoms with Gasteiger partial charge in [0.25, 0.3) is 17.6 Å². The summed E-state index contributed by atoms with van der Waals surface area (Å²) in [5, 5.41) is 0.744. The van der Waals surface area contributed by atoms with Crippen LogP contribution in [-0.2, 0) is 4.79 Å². The number of carbonyl (C=O) groups is 3. The standard InChI is InChI=1S/C21H19N3O3.C2H6.H2/c25-19(17-14-22-18-9-5-4-8-16(17)18)21(27)24-12-10-23(11-13-24)20(26)15-6-2-1-3-7-15;1-2;/h1-9,14,22H,10-13H2;1-2H3;1H. The van der Waals surface area contributed by atoms with Crippen molar-refractivity contribution in [2.24, 2.45) is 0 Å². The lowest BCUT2D eigenvalue weighted by Crippen LogP contribution is -2.52. The Kier molecular flexibility index (Phi) is 6.44. The molecule has 1 aromatic heterocycles. The number of Topliss-reactive ketones (excluding diaryl/α,β-unsaturated/α-hetero) is 1. The molecular weight excluding hydrogens is 366 g/mol. The molecule has 0 saturated carbocycles. The van der Waals surface area contributed by atoms with Gasteiger partial charge in [0.15, 0.2) is 0 Å². The maximum Gasteiger partial charge on any atom is 0.295 e. The largest absolute Gasteiger partial charge is 0.360 e. The van der Waals surface area contributed by atoms with Crippen molar-refractivity contribution in [1.82, 2.24) is 14.8 Å². The SMILES string of the molecule is CC.O=C(C(=O)N1CCN(C(=O)c2ccccc2)CC1)c1c[nH]c2ccccc12.[HH]. The molecule has 2 heterocycles. The average molecular weight is 393 g/mol. The number of piperazine rings is 1. The molecule has 1 aliphatic rings. The van der Waals surface area contributed by atoms with E-state index in [1.54, 1.807) is 23.2 Å². The van der Waals surface area contributed by atoms with Gasteiger partial charge in [0.05, 0.1) is 5.56 Å². The van der Waals surface area contributed by atoms with Gasteiger partial charge >= 0.3 is 0 Å². The van der Waals surface area contributed by atoms with Crippen molar-refractivity contribution in [3.8, 4) is 0 Å². The quantitative estimate of drug-likeness (QED) is 0.546. The number of rotatable bonds is 3. The van der Waals surface area contributed by atoms with Gasteiger partial charge in [0.1, 0.15) is 0 Å². The highest BCUT2D eigenvalue weighted by molar-refractivity contribution is 6.44. The van der Waals surface area contributed by atoms with Gasteiger partial charge in [-0.2, -0.15) is 0 Å². The second-order valence-corrected chi connectivity index (χ2v) is 6.53. The first-order valence-electron chi connectivity index (χ1n) is 9.89. The molecule has 4 rings (SSSR count). The van der Waals surface area contributed by atoms with Gasteiger partial charge in [0.2, 0.25) is 0 Å². The van der Waals surface area contributed by atoms with E-state index in [1.807, 2.05) is 56.3 Å². The van der Waals surface area contributed by atoms with Gasteiger partial charge in [-0.25, -0.2) is 0 Å². The predicted octanol–water partition coefficient (Wildman–Crippen LogP) is 3.61. The van der Waals surface area contributed by atoms with E-state index in [0.29, 0.717) is 37.3 Å². The van der Waals surface area contributed by atoms with Crippen LogP contribution in [0.25, 0.3) is 10.9 Å². The first-order chi connectivity index (χ1) is 14.1. The molecular formula is C23H27N3O3. The molecule has 0 bridgehead atoms. The molecule has 0 unspecified atom stereocenters. The van der Waals surface area contributed by atoms with Crippen molar-refractivity contribution in [3.63, 3.8) is 0 Å². The summed E-state index contributed by atoms with van der Waals surface area (Å²) in [7, 11) is 0. The zero-order valence-corrected chi connectivity index (χ0v) is 16.7. The fourth-order valence-corrected chi connectivity index (χ4v) is 3.39. The monoisotopic (exact) mass is 393 g/mol. The maximum absolute atomic E-state index is 12.7. The van der Waals surface area contributed by atoms with Crippen molar-refractivity contribution < 1.29 is 15.8 Å². The number of nitrogens with zero attached hydrogens (tertiary/aromatic N) is 2. The van der Waals surface area contributed by atoms with Crippen LogP contribution in [0.5, 0.6) is 0 Å². The fraction of sp³-hybridized carbons (Fsp3) is 0.261. The Hall–Kier alpha value is -3.41. The number of aromatic amines is 1. The smallest absolute Gasteiger partial charge is 0.295 e. The van der Waals surface area contributed by atoms with Crippen molar-refractivity contribution in [2.75, 3.05) is 26.2 Å². The molecule has 0 spiro atoms. The lowest BCUT2D eigenvalue weighted by atomic mass is 10.1. The molecule has 1 N–H and O–H groups in total. The van der Waals surface area contributed by atoms with Crippen molar-refractivity contribution >= 4 is 28.5 Å². The lowest BCUT2D eigenvalue weighted by Gasteiger charge is -2.34. The summed E-state index contributed by atoms with van der Waals surface area (Å²) < 4.78 is 0. The number of para-hydroxylation sites is 1. The van der Waals surface area contributed by atoms with Gasteiger partial charge in [-0.15, -0.1) is 0 Å². The third-order valence-corrected chi connectivity index (χ3v) is 4.90. The molecule has 1 fully saturated rings. The number of H-pyrrole nitrogens is 1. The number of benzene rings is 2. The van der Waals surface area contributed by atoms with Crippen LogP contribution in [0.1, 0.15) is 36.0 Å². The van der Waals surface area contributed by atoms with E-state index >= 15 is 0 Å². The molecule has 0 radical (unpaired) electrons. The number of aromatic nitrogens is 1. The fourth-order valence-electron chi connectivity index (χ4n) is 3.39. The van der Waals surface area contributed by atoms with Crippen molar-refractivity contribution in [2.45, 2.75) is 13.8 Å². The average Bonchev–Trinajstić information content (AvgIpc) is 3.24. The van der Waals surface area contributed by atoms with Gasteiger partial charge in [-0.1, -0.05) is 50.2 Å². The molecule has 1 saturated heterocycles. The van der Waals surface area contributed by atoms with Gasteiger partial charge in [0, 0.05) is 50.3 Å². The minimum Gasteiger partial charge on any atom is -0.360 e. The number of hydrogen-bond acceptors (Lipinski definition) is 3. The highest BCUT2D eigenvalue weighted by Crippen LogP contribution is 2.19. The molecule has 3 aromatic rings. The van der Waals surface area contributed by atoms with Crippen LogP contribution in [0, 0.1) is 0 Å². The second-order valence-electron chi connectivity index (χ2n) is 6.53. The second kappa shape index (κ2) is 9.19. The number of hydrogen-bond donors (Lipinski definition) is 1. The Bertz CT molecular complexity index is 1010. The number of fused-ring (bicyclic) bond motifs is 1. The number of nitrogens with one attached hydrogen (secondary N) is 1. The van der Waals surface area contributed by atoms with Crippen LogP contribution in [0.3, 0.4) is 0 Å². The minimum atomic E-state index is -0.522. The molecule has 29 heavy (non-hydrogen) atoms. The van der Waals surface area contributed by atoms with Crippen LogP contribution in [0.2, 0.25) is 0 Å². The van der Waals surface area contributed by atoms with Crippen LogP contribution in [-0.4, -0.2) is 58.6 Å². The van der Waals surface area contributed by atoms with Crippen molar-refractivity contribution in [3.05, 3.63) is 71.9 Å². The van der Waals surface area contributed by atoms with Crippen molar-refractivity contribution in [1.29, 1.82) is 0 Å². The maximum atomic E-state index is 12.7. The molecule has 152 valence electrons. The van der Waals surface area contributed by atoms with E-state index in [2.05, 4.69) is 4.98 Å². The van der Waals surface area contributed by atoms with Gasteiger partial charge in [-0.05, 0) is 18.2 Å². The number of ketones is 1. The zero-order chi connectivity index (χ0) is 20.8. The third-order valence-electron chi connectivity index (χ3n) is 4.90. The van der Waals surface area contributed by atoms with E-state index in [-0.39, 0.29) is 7.33 Å². The molecule has 6 heteroatoms. The Morgan fingerprint density at radius 3 is 2.10 bits per heavy atom. The molecule has 0 aliphatic carbocycles. The Balaban J connectivity index is 0.00000104. The third kappa shape index (κ3) is 4.21. The number of amides is 2. The van der Waals surface area contributed by atoms with E-state index < -0.39 is 11.7 Å². The summed E-state index contributed by atoms with van der Waals surface area (Å²) in [4.78, 5) is 44.1. The van der Waals surface area contributed by atoms with Gasteiger partial charge < -0.3 is 14.8 Å². The molecule has 0 atom stereocenters. The van der Waals surface area contributed by atoms with Crippen LogP contribution in [0.15, 0.2) is 60.8 Å². The summed E-state index contributed by atoms with van der Waals surface area (Å²) >= 11 is 0. The summed E-state index contributed by atoms with van der Waals surface area (Å²) in [6.07, 6.45) is 1.58. The Morgan fingerprint density at radius 2 is 1.41 bits per heavy atom. The van der Waals surface area contributed by atoms with Crippen LogP contribution >= 0.6 is 0 Å². The molecule has 1 aliphatic heterocycles. The summed E-state index contributed by atoms with van der Waals surface area (Å²) in [6, 6.07) is 16.5. The molecule has 2 amide bonds. The summed E-state index contributed by atoms with van der Waals surface area (Å²) in [5.74, 6) is -1.09. The lowest BCUT2D eigenvalue weighted by molar-refractivity contribution is -0.127. The first-order valence-corrected chi connectivity index (χ1v) is 9.89. The van der Waals surface area contributed by atoms with E-state index in [0.717, 1.165) is 10.9 Å². The normalized spacial score (nSPS) is 13.6. The Labute approximate surface area is 171 Å². The predicted molar refractivity (Wildman–Crippen MR) is 115 cm³/mol. The van der Waals surface area contributed by atoms with E-state index in [4.69, 9.17) is 0 Å². The summed E-state index contributed by atoms with van der Waals surface area (Å²) in [6.45, 7) is 5.54. The first kappa shape index (κ1) is 20.3. The van der Waals surface area contributed by atoms with Crippen LogP contribution < -0.4 is 0 Å².